The Morgan fingerprint density at radius 2 is 1.54 bits per heavy atom. The van der Waals surface area contributed by atoms with Crippen molar-refractivity contribution in [3.63, 3.8) is 0 Å². The summed E-state index contributed by atoms with van der Waals surface area (Å²) in [5, 5.41) is 45.2. The molecule has 1 saturated carbocycles. The molecular formula is C7H12O6. The minimum absolute atomic E-state index is 0.472. The van der Waals surface area contributed by atoms with E-state index in [0.717, 1.165) is 0 Å². The highest BCUT2D eigenvalue weighted by molar-refractivity contribution is 5.77. The molecule has 0 aromatic heterocycles. The molecule has 0 amide bonds. The van der Waals surface area contributed by atoms with Gasteiger partial charge in [0.25, 0.3) is 0 Å². The Morgan fingerprint density at radius 3 is 1.85 bits per heavy atom. The van der Waals surface area contributed by atoms with Gasteiger partial charge in [0.15, 0.2) is 5.60 Å². The van der Waals surface area contributed by atoms with E-state index in [4.69, 9.17) is 20.4 Å². The summed E-state index contributed by atoms with van der Waals surface area (Å²) in [5.41, 5.74) is -2.14. The molecule has 0 unspecified atom stereocenters. The summed E-state index contributed by atoms with van der Waals surface area (Å²) in [6.07, 6.45) is -5.16. The molecule has 76 valence electrons. The van der Waals surface area contributed by atoms with Gasteiger partial charge in [0.05, 0.1) is 12.2 Å². The number of aliphatic hydroxyl groups excluding tert-OH is 3. The van der Waals surface area contributed by atoms with E-state index in [2.05, 4.69) is 0 Å². The molecule has 0 radical (unpaired) electrons. The van der Waals surface area contributed by atoms with Crippen LogP contribution >= 0.6 is 0 Å². The number of hydrogen-bond acceptors (Lipinski definition) is 5. The highest BCUT2D eigenvalue weighted by atomic mass is 16.4. The fraction of sp³-hybridized carbons (Fsp3) is 0.857. The van der Waals surface area contributed by atoms with Gasteiger partial charge in [-0.15, -0.1) is 0 Å². The van der Waals surface area contributed by atoms with E-state index in [0.29, 0.717) is 0 Å². The van der Waals surface area contributed by atoms with E-state index < -0.39 is 42.7 Å². The van der Waals surface area contributed by atoms with Crippen LogP contribution in [-0.4, -0.2) is 55.4 Å². The van der Waals surface area contributed by atoms with E-state index in [-0.39, 0.29) is 0 Å². The molecule has 1 fully saturated rings. The average Bonchev–Trinajstić information content (AvgIpc) is 2.00. The number of carboxylic acids is 1. The van der Waals surface area contributed by atoms with Gasteiger partial charge in [0.1, 0.15) is 6.10 Å². The highest BCUT2D eigenvalue weighted by Gasteiger charge is 2.48. The Bertz CT molecular complexity index is 203. The van der Waals surface area contributed by atoms with Crippen LogP contribution < -0.4 is 0 Å². The van der Waals surface area contributed by atoms with Crippen molar-refractivity contribution in [1.29, 1.82) is 0 Å². The van der Waals surface area contributed by atoms with E-state index in [1.165, 1.54) is 0 Å². The van der Waals surface area contributed by atoms with Crippen molar-refractivity contribution in [3.05, 3.63) is 0 Å². The lowest BCUT2D eigenvalue weighted by atomic mass is 9.80. The first kappa shape index (κ1) is 10.4. The number of rotatable bonds is 1. The highest BCUT2D eigenvalue weighted by Crippen LogP contribution is 2.29. The van der Waals surface area contributed by atoms with Crippen LogP contribution in [0.4, 0.5) is 0 Å². The molecule has 6 heteroatoms. The molecule has 1 rings (SSSR count). The minimum Gasteiger partial charge on any atom is -0.479 e. The second-order valence-corrected chi connectivity index (χ2v) is 3.37. The Labute approximate surface area is 74.1 Å². The van der Waals surface area contributed by atoms with Crippen molar-refractivity contribution >= 4 is 5.97 Å². The van der Waals surface area contributed by atoms with Gasteiger partial charge in [-0.3, -0.25) is 0 Å². The fourth-order valence-corrected chi connectivity index (χ4v) is 1.45. The third kappa shape index (κ3) is 1.80. The standard InChI is InChI=1S/C7H12O6/c8-3-1-7(13,6(11)12)2-4(9)5(3)10/h3-5,8-10,13H,1-2H2,(H,11,12)/t3-,4-,5?,7?/m1/s1. The number of hydrogen-bond donors (Lipinski definition) is 5. The fourth-order valence-electron chi connectivity index (χ4n) is 1.45. The van der Waals surface area contributed by atoms with Gasteiger partial charge >= 0.3 is 5.97 Å². The van der Waals surface area contributed by atoms with Gasteiger partial charge in [-0.2, -0.15) is 0 Å². The molecule has 13 heavy (non-hydrogen) atoms. The molecule has 0 aliphatic heterocycles. The molecule has 1 aliphatic rings. The first-order valence-corrected chi connectivity index (χ1v) is 3.87. The molecule has 5 N–H and O–H groups in total. The zero-order chi connectivity index (χ0) is 10.2. The SMILES string of the molecule is O=C(O)C1(O)C[C@@H](O)C(O)[C@H](O)C1. The molecule has 0 saturated heterocycles. The van der Waals surface area contributed by atoms with Gasteiger partial charge in [0, 0.05) is 12.8 Å². The molecule has 0 spiro atoms. The monoisotopic (exact) mass is 192 g/mol. The van der Waals surface area contributed by atoms with Crippen molar-refractivity contribution < 1.29 is 30.3 Å². The van der Waals surface area contributed by atoms with Gasteiger partial charge in [0.2, 0.25) is 0 Å². The zero-order valence-electron chi connectivity index (χ0n) is 6.79. The van der Waals surface area contributed by atoms with Crippen molar-refractivity contribution in [1.82, 2.24) is 0 Å². The molecule has 2 atom stereocenters. The van der Waals surface area contributed by atoms with Gasteiger partial charge < -0.3 is 25.5 Å². The predicted octanol–water partition coefficient (Wildman–Crippen LogP) is -2.32. The lowest BCUT2D eigenvalue weighted by Gasteiger charge is -2.37. The van der Waals surface area contributed by atoms with E-state index in [1.54, 1.807) is 0 Å². The summed E-state index contributed by atoms with van der Waals surface area (Å²) in [6, 6.07) is 0. The van der Waals surface area contributed by atoms with Crippen LogP contribution in [0.3, 0.4) is 0 Å². The summed E-state index contributed by atoms with van der Waals surface area (Å²) < 4.78 is 0. The summed E-state index contributed by atoms with van der Waals surface area (Å²) >= 11 is 0. The summed E-state index contributed by atoms with van der Waals surface area (Å²) in [4.78, 5) is 10.5. The minimum atomic E-state index is -2.14. The third-order valence-electron chi connectivity index (χ3n) is 2.28. The van der Waals surface area contributed by atoms with Gasteiger partial charge in [-0.1, -0.05) is 0 Å². The number of carboxylic acid groups (broad SMARTS) is 1. The first-order valence-electron chi connectivity index (χ1n) is 3.87. The average molecular weight is 192 g/mol. The first-order chi connectivity index (χ1) is 5.87. The Balaban J connectivity index is 2.79. The van der Waals surface area contributed by atoms with E-state index in [9.17, 15) is 9.90 Å². The van der Waals surface area contributed by atoms with Crippen LogP contribution in [0, 0.1) is 0 Å². The molecule has 0 aromatic carbocycles. The van der Waals surface area contributed by atoms with Crippen LogP contribution in [0.2, 0.25) is 0 Å². The smallest absolute Gasteiger partial charge is 0.335 e. The van der Waals surface area contributed by atoms with E-state index >= 15 is 0 Å². The van der Waals surface area contributed by atoms with Gasteiger partial charge in [-0.05, 0) is 0 Å². The normalized spacial score (nSPS) is 46.0. The summed E-state index contributed by atoms with van der Waals surface area (Å²) in [5.74, 6) is -1.50. The number of aliphatic hydroxyl groups is 4. The van der Waals surface area contributed by atoms with Crippen molar-refractivity contribution in [2.75, 3.05) is 0 Å². The molecular weight excluding hydrogens is 180 g/mol. The maximum atomic E-state index is 10.5. The summed E-state index contributed by atoms with van der Waals surface area (Å²) in [7, 11) is 0. The van der Waals surface area contributed by atoms with Crippen LogP contribution in [-0.2, 0) is 4.79 Å². The molecule has 0 aromatic rings. The number of aliphatic carboxylic acids is 1. The molecule has 6 nitrogen and oxygen atoms in total. The van der Waals surface area contributed by atoms with Crippen LogP contribution in [0.25, 0.3) is 0 Å². The maximum Gasteiger partial charge on any atom is 0.335 e. The lowest BCUT2D eigenvalue weighted by molar-refractivity contribution is -0.187. The second kappa shape index (κ2) is 3.22. The largest absolute Gasteiger partial charge is 0.479 e. The van der Waals surface area contributed by atoms with Crippen molar-refractivity contribution in [2.45, 2.75) is 36.8 Å². The third-order valence-corrected chi connectivity index (χ3v) is 2.28. The lowest BCUT2D eigenvalue weighted by Crippen LogP contribution is -2.56. The molecule has 0 bridgehead atoms. The molecule has 0 heterocycles. The van der Waals surface area contributed by atoms with Crippen molar-refractivity contribution in [3.8, 4) is 0 Å². The zero-order valence-corrected chi connectivity index (χ0v) is 6.79. The van der Waals surface area contributed by atoms with E-state index in [1.807, 2.05) is 0 Å². The quantitative estimate of drug-likeness (QED) is 0.318. The second-order valence-electron chi connectivity index (χ2n) is 3.37. The maximum absolute atomic E-state index is 10.5. The Morgan fingerprint density at radius 1 is 1.15 bits per heavy atom. The summed E-state index contributed by atoms with van der Waals surface area (Å²) in [6.45, 7) is 0. The van der Waals surface area contributed by atoms with Crippen LogP contribution in [0.5, 0.6) is 0 Å². The van der Waals surface area contributed by atoms with Crippen LogP contribution in [0.15, 0.2) is 0 Å². The van der Waals surface area contributed by atoms with Gasteiger partial charge in [-0.25, -0.2) is 4.79 Å². The molecule has 1 aliphatic carbocycles. The van der Waals surface area contributed by atoms with Crippen molar-refractivity contribution in [2.24, 2.45) is 0 Å². The van der Waals surface area contributed by atoms with Crippen LogP contribution in [0.1, 0.15) is 12.8 Å². The number of carbonyl (C=O) groups is 1. The topological polar surface area (TPSA) is 118 Å². The Hall–Kier alpha value is -0.690. The Kier molecular flexibility index (Phi) is 2.58. The predicted molar refractivity (Wildman–Crippen MR) is 39.8 cm³/mol.